The number of fused-ring (bicyclic) bond motifs is 2. The third kappa shape index (κ3) is 7.55. The molecule has 54 heavy (non-hydrogen) atoms. The number of aromatic nitrogens is 1. The first-order valence-electron chi connectivity index (χ1n) is 18.8. The number of terminal acetylenes is 2. The maximum Gasteiger partial charge on any atom is 0.519 e. The van der Waals surface area contributed by atoms with Crippen LogP contribution in [-0.4, -0.2) is 114 Å². The lowest BCUT2D eigenvalue weighted by atomic mass is 9.45. The Morgan fingerprint density at radius 2 is 1.22 bits per heavy atom. The van der Waals surface area contributed by atoms with E-state index in [0.717, 1.165) is 67.9 Å². The minimum absolute atomic E-state index is 0.492. The van der Waals surface area contributed by atoms with E-state index in [1.54, 1.807) is 14.2 Å². The predicted octanol–water partition coefficient (Wildman–Crippen LogP) is 5.36. The standard InChI is InChI=1S/C43H53BN4O6/c1-9-44(10-2)47-34(5)29-32(3)42(47)41(43-33(4)30-35(6)48(43)44)36-15-16-38(40(31-36)50-8)46-19-23-53-27-25-51-21-17-45(18-22-52-26-28-54-24-20-46)37-13-11-12-14-39(37)49-7/h1-2,11-16,29-31H,17-28H2,3-8H3. The minimum Gasteiger partial charge on any atom is -0.495 e. The van der Waals surface area contributed by atoms with Gasteiger partial charge in [0.15, 0.2) is 5.70 Å². The normalized spacial score (nSPS) is 18.9. The summed E-state index contributed by atoms with van der Waals surface area (Å²) in [7, 11) is 3.41. The van der Waals surface area contributed by atoms with Gasteiger partial charge in [0.2, 0.25) is 0 Å². The van der Waals surface area contributed by atoms with Gasteiger partial charge in [-0.25, -0.2) is 0 Å². The van der Waals surface area contributed by atoms with Crippen molar-refractivity contribution in [2.24, 2.45) is 0 Å². The number of para-hydroxylation sites is 2. The largest absolute Gasteiger partial charge is 0.519 e. The quantitative estimate of drug-likeness (QED) is 0.257. The molecule has 3 aliphatic heterocycles. The Morgan fingerprint density at radius 1 is 0.685 bits per heavy atom. The molecular weight excluding hydrogens is 679 g/mol. The van der Waals surface area contributed by atoms with Crippen molar-refractivity contribution < 1.29 is 32.9 Å². The molecule has 6 rings (SSSR count). The highest BCUT2D eigenvalue weighted by atomic mass is 16.5. The van der Waals surface area contributed by atoms with Crippen LogP contribution in [0.15, 0.2) is 65.9 Å². The Bertz CT molecular complexity index is 1980. The van der Waals surface area contributed by atoms with Crippen molar-refractivity contribution in [3.05, 3.63) is 88.4 Å². The van der Waals surface area contributed by atoms with E-state index in [1.807, 2.05) is 18.2 Å². The molecule has 0 N–H and O–H groups in total. The Hall–Kier alpha value is -4.91. The SMILES string of the molecule is C#C[B-]1(C#C)n2c(C)cc(C)c2C(c2ccc(N3CCOCCOCCN(c4ccccc4OC)CCOCCOCC3)c(OC)c2)=C2C(C)=CC(C)=[N+]21. The predicted molar refractivity (Wildman–Crippen MR) is 217 cm³/mol. The van der Waals surface area contributed by atoms with Gasteiger partial charge in [-0.3, -0.25) is 0 Å². The molecule has 0 unspecified atom stereocenters. The highest BCUT2D eigenvalue weighted by Crippen LogP contribution is 2.44. The molecule has 1 aromatic heterocycles. The molecule has 1 saturated heterocycles. The van der Waals surface area contributed by atoms with Gasteiger partial charge in [0.1, 0.15) is 17.2 Å². The second-order valence-electron chi connectivity index (χ2n) is 13.8. The van der Waals surface area contributed by atoms with Crippen molar-refractivity contribution in [1.29, 1.82) is 0 Å². The summed E-state index contributed by atoms with van der Waals surface area (Å²) in [5, 5.41) is 0. The molecule has 0 amide bonds. The van der Waals surface area contributed by atoms with Crippen molar-refractivity contribution in [3.8, 4) is 36.0 Å². The van der Waals surface area contributed by atoms with Crippen LogP contribution in [0.1, 0.15) is 36.4 Å². The lowest BCUT2D eigenvalue weighted by Gasteiger charge is -2.39. The van der Waals surface area contributed by atoms with Crippen LogP contribution < -0.4 is 19.3 Å². The molecule has 3 aliphatic rings. The number of benzene rings is 2. The second-order valence-corrected chi connectivity index (χ2v) is 13.8. The summed E-state index contributed by atoms with van der Waals surface area (Å²) in [5.41, 5.74) is 10.5. The fraction of sp³-hybridized carbons (Fsp3) is 0.419. The smallest absolute Gasteiger partial charge is 0.495 e. The van der Waals surface area contributed by atoms with E-state index in [9.17, 15) is 0 Å². The van der Waals surface area contributed by atoms with Crippen LogP contribution in [-0.2, 0) is 18.9 Å². The zero-order valence-corrected chi connectivity index (χ0v) is 32.7. The summed E-state index contributed by atoms with van der Waals surface area (Å²) in [6.45, 7) is 15.2. The molecule has 1 fully saturated rings. The molecule has 10 nitrogen and oxygen atoms in total. The van der Waals surface area contributed by atoms with Gasteiger partial charge in [0.25, 0.3) is 0 Å². The third-order valence-electron chi connectivity index (χ3n) is 10.5. The van der Waals surface area contributed by atoms with E-state index < -0.39 is 6.42 Å². The molecule has 2 aromatic carbocycles. The zero-order valence-electron chi connectivity index (χ0n) is 32.7. The second kappa shape index (κ2) is 17.5. The van der Waals surface area contributed by atoms with E-state index in [-0.39, 0.29) is 0 Å². The molecule has 0 radical (unpaired) electrons. The molecule has 0 saturated carbocycles. The summed E-state index contributed by atoms with van der Waals surface area (Å²) < 4.78 is 40.3. The molecule has 0 spiro atoms. The van der Waals surface area contributed by atoms with Gasteiger partial charge < -0.3 is 47.2 Å². The molecule has 0 bridgehead atoms. The first kappa shape index (κ1) is 38.8. The maximum atomic E-state index is 6.33. The van der Waals surface area contributed by atoms with Crippen molar-refractivity contribution in [1.82, 2.24) is 4.48 Å². The van der Waals surface area contributed by atoms with E-state index >= 15 is 0 Å². The molecule has 284 valence electrons. The van der Waals surface area contributed by atoms with E-state index in [4.69, 9.17) is 41.3 Å². The van der Waals surface area contributed by atoms with Gasteiger partial charge in [0.05, 0.1) is 84.0 Å². The Balaban J connectivity index is 1.22. The highest BCUT2D eigenvalue weighted by Gasteiger charge is 2.50. The van der Waals surface area contributed by atoms with Crippen molar-refractivity contribution in [2.75, 3.05) is 103 Å². The number of methoxy groups -OCH3 is 2. The number of nitrogens with zero attached hydrogens (tertiary/aromatic N) is 4. The van der Waals surface area contributed by atoms with E-state index in [2.05, 4.69) is 94.5 Å². The molecule has 3 aromatic rings. The first-order chi connectivity index (χ1) is 26.3. The van der Waals surface area contributed by atoms with Gasteiger partial charge in [-0.15, -0.1) is 0 Å². The summed E-state index contributed by atoms with van der Waals surface area (Å²) >= 11 is 0. The van der Waals surface area contributed by atoms with Gasteiger partial charge in [-0.2, -0.15) is 24.5 Å². The average Bonchev–Trinajstić information content (AvgIpc) is 3.66. The van der Waals surface area contributed by atoms with Gasteiger partial charge in [-0.1, -0.05) is 18.2 Å². The number of rotatable bonds is 5. The lowest BCUT2D eigenvalue weighted by molar-refractivity contribution is -0.329. The number of anilines is 2. The van der Waals surface area contributed by atoms with Crippen LogP contribution in [0.25, 0.3) is 5.57 Å². The van der Waals surface area contributed by atoms with Crippen LogP contribution in [0.3, 0.4) is 0 Å². The average molecular weight is 733 g/mol. The Kier molecular flexibility index (Phi) is 12.6. The van der Waals surface area contributed by atoms with Gasteiger partial charge >= 0.3 is 6.42 Å². The number of hydrogen-bond donors (Lipinski definition) is 0. The van der Waals surface area contributed by atoms with Crippen LogP contribution in [0.2, 0.25) is 0 Å². The first-order valence-corrected chi connectivity index (χ1v) is 18.8. The third-order valence-corrected chi connectivity index (χ3v) is 10.5. The molecule has 0 aliphatic carbocycles. The summed E-state index contributed by atoms with van der Waals surface area (Å²) in [6.07, 6.45) is 12.8. The summed E-state index contributed by atoms with van der Waals surface area (Å²) in [4.78, 5) is 4.49. The highest BCUT2D eigenvalue weighted by molar-refractivity contribution is 6.87. The minimum atomic E-state index is -1.98. The Morgan fingerprint density at radius 3 is 1.76 bits per heavy atom. The molecule has 0 atom stereocenters. The summed E-state index contributed by atoms with van der Waals surface area (Å²) in [6, 6.07) is 16.6. The van der Waals surface area contributed by atoms with Crippen molar-refractivity contribution >= 4 is 29.1 Å². The van der Waals surface area contributed by atoms with Crippen LogP contribution in [0.5, 0.6) is 11.5 Å². The van der Waals surface area contributed by atoms with Crippen LogP contribution >= 0.6 is 0 Å². The van der Waals surface area contributed by atoms with Crippen LogP contribution in [0.4, 0.5) is 11.4 Å². The topological polar surface area (TPSA) is 69.8 Å². The van der Waals surface area contributed by atoms with E-state index in [0.29, 0.717) is 79.0 Å². The van der Waals surface area contributed by atoms with Crippen LogP contribution in [0, 0.1) is 38.3 Å². The Labute approximate surface area is 320 Å². The fourth-order valence-corrected chi connectivity index (χ4v) is 8.11. The van der Waals surface area contributed by atoms with Gasteiger partial charge in [0, 0.05) is 50.4 Å². The number of ether oxygens (including phenoxy) is 6. The molecule has 4 heterocycles. The zero-order chi connectivity index (χ0) is 38.2. The van der Waals surface area contributed by atoms with E-state index in [1.165, 1.54) is 0 Å². The molecular formula is C43H53BN4O6. The monoisotopic (exact) mass is 732 g/mol. The lowest BCUT2D eigenvalue weighted by Crippen LogP contribution is -2.56. The summed E-state index contributed by atoms with van der Waals surface area (Å²) in [5.74, 6) is 7.69. The maximum absolute atomic E-state index is 6.33. The van der Waals surface area contributed by atoms with Crippen molar-refractivity contribution in [3.63, 3.8) is 0 Å². The number of hydrogen-bond acceptors (Lipinski definition) is 8. The van der Waals surface area contributed by atoms with Crippen molar-refractivity contribution in [2.45, 2.75) is 27.7 Å². The number of allylic oxidation sites excluding steroid dienone is 2. The molecule has 11 heteroatoms. The number of aryl methyl sites for hydroxylation is 2. The fourth-order valence-electron chi connectivity index (χ4n) is 8.11. The van der Waals surface area contributed by atoms with Gasteiger partial charge in [-0.05, 0) is 67.9 Å².